The van der Waals surface area contributed by atoms with Crippen LogP contribution in [0.2, 0.25) is 0 Å². The van der Waals surface area contributed by atoms with Crippen LogP contribution in [-0.4, -0.2) is 0 Å². The van der Waals surface area contributed by atoms with Gasteiger partial charge in [-0.05, 0) is 12.5 Å². The Morgan fingerprint density at radius 3 is 2.32 bits per heavy atom. The molecule has 0 N–H and O–H groups in total. The molecule has 0 spiro atoms. The minimum Gasteiger partial charge on any atom is -0.227 e. The molecule has 1 aromatic heterocycles. The summed E-state index contributed by atoms with van der Waals surface area (Å²) in [5.41, 5.74) is 5.69. The van der Waals surface area contributed by atoms with E-state index in [1.807, 2.05) is 0 Å². The number of nitrogens with zero attached hydrogens (tertiary/aromatic N) is 1. The van der Waals surface area contributed by atoms with Crippen LogP contribution >= 0.6 is 0 Å². The number of pyridine rings is 1. The van der Waals surface area contributed by atoms with Crippen molar-refractivity contribution in [1.29, 1.82) is 0 Å². The molecule has 119 valence electrons. The Bertz CT molecular complexity index is 1040. The van der Waals surface area contributed by atoms with Gasteiger partial charge in [-0.2, -0.15) is 23.3 Å². The smallest absolute Gasteiger partial charge is 0.136 e. The van der Waals surface area contributed by atoms with Crippen LogP contribution in [0.15, 0.2) is 72.9 Å². The molecule has 0 aliphatic heterocycles. The summed E-state index contributed by atoms with van der Waals surface area (Å²) in [7, 11) is 2.06. The maximum absolute atomic E-state index is 3.58. The molecule has 0 amide bonds. The molecule has 4 aromatic rings. The SMILES string of the molecule is Cc1ccccc1-c1[c-]c(-c2[c-]c3ccccc3cc2)cc[n+]1C.[Y]. The molecule has 0 saturated carbocycles. The minimum absolute atomic E-state index is 0. The molecule has 4 rings (SSSR count). The fourth-order valence-electron chi connectivity index (χ4n) is 3.04. The van der Waals surface area contributed by atoms with Crippen LogP contribution < -0.4 is 4.57 Å². The van der Waals surface area contributed by atoms with Gasteiger partial charge in [-0.25, -0.2) is 4.57 Å². The number of hydrogen-bond acceptors (Lipinski definition) is 0. The second kappa shape index (κ2) is 7.60. The van der Waals surface area contributed by atoms with Crippen LogP contribution in [0, 0.1) is 19.1 Å². The van der Waals surface area contributed by atoms with Gasteiger partial charge in [0.15, 0.2) is 0 Å². The van der Waals surface area contributed by atoms with Gasteiger partial charge in [0.05, 0.1) is 0 Å². The summed E-state index contributed by atoms with van der Waals surface area (Å²) in [5.74, 6) is 0. The van der Waals surface area contributed by atoms with Gasteiger partial charge in [0.1, 0.15) is 18.9 Å². The quantitative estimate of drug-likeness (QED) is 0.335. The van der Waals surface area contributed by atoms with Gasteiger partial charge in [-0.15, -0.1) is 29.7 Å². The molecule has 0 unspecified atom stereocenters. The number of aryl methyl sites for hydroxylation is 2. The molecule has 0 bridgehead atoms. The topological polar surface area (TPSA) is 3.88 Å². The molecule has 2 heteroatoms. The zero-order valence-electron chi connectivity index (χ0n) is 14.5. The first-order chi connectivity index (χ1) is 11.7. The molecule has 1 heterocycles. The van der Waals surface area contributed by atoms with E-state index in [9.17, 15) is 0 Å². The van der Waals surface area contributed by atoms with Crippen molar-refractivity contribution in [3.63, 3.8) is 0 Å². The van der Waals surface area contributed by atoms with Gasteiger partial charge in [0.2, 0.25) is 0 Å². The molecule has 3 aromatic carbocycles. The summed E-state index contributed by atoms with van der Waals surface area (Å²) in [6, 6.07) is 30.2. The first-order valence-electron chi connectivity index (χ1n) is 8.12. The van der Waals surface area contributed by atoms with Crippen LogP contribution in [-0.2, 0) is 39.8 Å². The van der Waals surface area contributed by atoms with Crippen LogP contribution in [0.25, 0.3) is 33.2 Å². The Labute approximate surface area is 174 Å². The summed E-state index contributed by atoms with van der Waals surface area (Å²) in [6.45, 7) is 2.14. The predicted molar refractivity (Wildman–Crippen MR) is 98.4 cm³/mol. The molecule has 1 nitrogen and oxygen atoms in total. The van der Waals surface area contributed by atoms with Gasteiger partial charge in [-0.1, -0.05) is 53.4 Å². The Balaban J connectivity index is 0.00000182. The fourth-order valence-corrected chi connectivity index (χ4v) is 3.04. The van der Waals surface area contributed by atoms with Crippen molar-refractivity contribution in [3.05, 3.63) is 90.6 Å². The number of hydrogen-bond donors (Lipinski definition) is 0. The van der Waals surface area contributed by atoms with Crippen molar-refractivity contribution >= 4 is 10.8 Å². The van der Waals surface area contributed by atoms with E-state index in [2.05, 4.69) is 104 Å². The molecule has 1 radical (unpaired) electrons. The van der Waals surface area contributed by atoms with Gasteiger partial charge in [0, 0.05) is 32.7 Å². The fraction of sp³-hybridized carbons (Fsp3) is 0.0870. The van der Waals surface area contributed by atoms with E-state index in [-0.39, 0.29) is 32.7 Å². The predicted octanol–water partition coefficient (Wildman–Crippen LogP) is 4.90. The zero-order chi connectivity index (χ0) is 16.5. The summed E-state index contributed by atoms with van der Waals surface area (Å²) in [6.07, 6.45) is 2.09. The summed E-state index contributed by atoms with van der Waals surface area (Å²) in [5, 5.41) is 2.34. The maximum atomic E-state index is 3.58. The van der Waals surface area contributed by atoms with E-state index in [1.165, 1.54) is 16.5 Å². The van der Waals surface area contributed by atoms with E-state index in [4.69, 9.17) is 0 Å². The second-order valence-electron chi connectivity index (χ2n) is 6.09. The normalized spacial score (nSPS) is 10.5. The summed E-state index contributed by atoms with van der Waals surface area (Å²) >= 11 is 0. The standard InChI is InChI=1S/C23H18N.Y/c1-17-7-3-6-10-22(17)23-16-21(13-14-24(23)2)20-12-11-18-8-4-5-9-19(18)15-20;/h3-14H,1-2H3;/q-1;. The molecule has 0 fully saturated rings. The van der Waals surface area contributed by atoms with Crippen LogP contribution in [0.1, 0.15) is 5.56 Å². The van der Waals surface area contributed by atoms with Crippen LogP contribution in [0.3, 0.4) is 0 Å². The van der Waals surface area contributed by atoms with E-state index in [0.717, 1.165) is 22.2 Å². The van der Waals surface area contributed by atoms with E-state index in [0.29, 0.717) is 0 Å². The number of aromatic nitrogens is 1. The molecule has 0 atom stereocenters. The van der Waals surface area contributed by atoms with E-state index in [1.54, 1.807) is 0 Å². The van der Waals surface area contributed by atoms with Gasteiger partial charge < -0.3 is 0 Å². The minimum atomic E-state index is 0. The molecular weight excluding hydrogens is 379 g/mol. The summed E-state index contributed by atoms with van der Waals surface area (Å²) in [4.78, 5) is 0. The van der Waals surface area contributed by atoms with Gasteiger partial charge in [-0.3, -0.25) is 0 Å². The van der Waals surface area contributed by atoms with Crippen molar-refractivity contribution in [2.75, 3.05) is 0 Å². The Kier molecular flexibility index (Phi) is 5.46. The molecular formula is C23H18NY-. The van der Waals surface area contributed by atoms with Crippen molar-refractivity contribution in [1.82, 2.24) is 0 Å². The average molecular weight is 397 g/mol. The van der Waals surface area contributed by atoms with Crippen LogP contribution in [0.5, 0.6) is 0 Å². The third-order valence-corrected chi connectivity index (χ3v) is 4.42. The monoisotopic (exact) mass is 397 g/mol. The number of rotatable bonds is 2. The average Bonchev–Trinajstić information content (AvgIpc) is 2.62. The Hall–Kier alpha value is -1.83. The zero-order valence-corrected chi connectivity index (χ0v) is 17.3. The first-order valence-corrected chi connectivity index (χ1v) is 8.12. The van der Waals surface area contributed by atoms with Gasteiger partial charge in [0.25, 0.3) is 0 Å². The largest absolute Gasteiger partial charge is 0.227 e. The third kappa shape index (κ3) is 3.58. The van der Waals surface area contributed by atoms with E-state index >= 15 is 0 Å². The Morgan fingerprint density at radius 1 is 0.760 bits per heavy atom. The Morgan fingerprint density at radius 2 is 1.48 bits per heavy atom. The van der Waals surface area contributed by atoms with Crippen molar-refractivity contribution < 1.29 is 37.3 Å². The van der Waals surface area contributed by atoms with Crippen molar-refractivity contribution in [2.24, 2.45) is 7.05 Å². The molecule has 0 saturated heterocycles. The molecule has 0 aliphatic carbocycles. The van der Waals surface area contributed by atoms with Crippen LogP contribution in [0.4, 0.5) is 0 Å². The second-order valence-corrected chi connectivity index (χ2v) is 6.09. The number of benzene rings is 3. The number of fused-ring (bicyclic) bond motifs is 1. The molecule has 25 heavy (non-hydrogen) atoms. The third-order valence-electron chi connectivity index (χ3n) is 4.42. The van der Waals surface area contributed by atoms with Gasteiger partial charge >= 0.3 is 0 Å². The maximum Gasteiger partial charge on any atom is 0.136 e. The van der Waals surface area contributed by atoms with Crippen molar-refractivity contribution in [3.8, 4) is 22.4 Å². The molecule has 0 aliphatic rings. The summed E-state index contributed by atoms with van der Waals surface area (Å²) < 4.78 is 2.12. The van der Waals surface area contributed by atoms with Crippen molar-refractivity contribution in [2.45, 2.75) is 6.92 Å². The van der Waals surface area contributed by atoms with E-state index < -0.39 is 0 Å². The first kappa shape index (κ1) is 18.0.